The van der Waals surface area contributed by atoms with Crippen LogP contribution in [0.4, 0.5) is 0 Å². The van der Waals surface area contributed by atoms with Crippen molar-refractivity contribution in [3.05, 3.63) is 182 Å². The molecular weight excluding hydrogens is 733 g/mol. The Bertz CT molecular complexity index is 3930. The summed E-state index contributed by atoms with van der Waals surface area (Å²) in [6, 6.07) is 64.9. The Morgan fingerprint density at radius 3 is 1.58 bits per heavy atom. The SMILES string of the molecule is c1ccc2cc(-c3nc(-c4ccc5ccccc5c4)nc(-c4ccc5c(-n6c7cccc8c7c7c9c(ccc%10oc%11cccc-8c%11c%109)ccc76)cccc5c4)n3)ccc2c1. The Kier molecular flexibility index (Phi) is 6.23. The number of furan rings is 1. The van der Waals surface area contributed by atoms with Crippen molar-refractivity contribution in [1.29, 1.82) is 0 Å². The van der Waals surface area contributed by atoms with Crippen LogP contribution in [0.1, 0.15) is 0 Å². The Morgan fingerprint density at radius 2 is 0.867 bits per heavy atom. The first-order valence-corrected chi connectivity index (χ1v) is 20.3. The predicted octanol–water partition coefficient (Wildman–Crippen LogP) is 14.5. The first kappa shape index (κ1) is 31.9. The van der Waals surface area contributed by atoms with Crippen LogP contribution >= 0.6 is 0 Å². The second-order valence-corrected chi connectivity index (χ2v) is 16.0. The lowest BCUT2D eigenvalue weighted by atomic mass is 9.98. The number of aromatic nitrogens is 4. The molecule has 1 aliphatic rings. The normalized spacial score (nSPS) is 12.3. The fourth-order valence-corrected chi connectivity index (χ4v) is 10.0. The molecule has 14 rings (SSSR count). The highest BCUT2D eigenvalue weighted by molar-refractivity contribution is 6.38. The van der Waals surface area contributed by atoms with Crippen molar-refractivity contribution in [3.8, 4) is 51.0 Å². The van der Waals surface area contributed by atoms with E-state index >= 15 is 0 Å². The van der Waals surface area contributed by atoms with Gasteiger partial charge in [-0.25, -0.2) is 15.0 Å². The number of hydrogen-bond acceptors (Lipinski definition) is 4. The van der Waals surface area contributed by atoms with Gasteiger partial charge >= 0.3 is 0 Å². The van der Waals surface area contributed by atoms with E-state index in [1.54, 1.807) is 0 Å². The molecule has 0 amide bonds. The van der Waals surface area contributed by atoms with E-state index in [-0.39, 0.29) is 0 Å². The zero-order valence-electron chi connectivity index (χ0n) is 32.0. The molecule has 0 saturated carbocycles. The Labute approximate surface area is 342 Å². The van der Waals surface area contributed by atoms with E-state index in [4.69, 9.17) is 19.4 Å². The molecule has 0 radical (unpaired) electrons. The molecule has 0 N–H and O–H groups in total. The van der Waals surface area contributed by atoms with E-state index < -0.39 is 0 Å². The smallest absolute Gasteiger partial charge is 0.164 e. The van der Waals surface area contributed by atoms with Gasteiger partial charge in [0.05, 0.1) is 16.7 Å². The lowest BCUT2D eigenvalue weighted by Crippen LogP contribution is -2.00. The van der Waals surface area contributed by atoms with Crippen LogP contribution < -0.4 is 0 Å². The highest BCUT2D eigenvalue weighted by atomic mass is 16.3. The van der Waals surface area contributed by atoms with Crippen LogP contribution in [0.25, 0.3) is 138 Å². The topological polar surface area (TPSA) is 56.7 Å². The summed E-state index contributed by atoms with van der Waals surface area (Å²) < 4.78 is 8.95. The van der Waals surface area contributed by atoms with Gasteiger partial charge in [-0.2, -0.15) is 0 Å². The standard InChI is InChI=1S/C55H30N4O/c1-3-10-34-28-37(20-18-31(34)8-1)53-56-54(38-21-19-32-9-2-4-11-35(32)29-38)58-55(57-53)39-22-25-40-36(30-39)12-5-15-43(40)59-44-16-6-13-41-42-14-7-17-46-50(42)52-47(60-46)27-24-33-23-26-45(59)51(48(33)52)49(41)44/h1-30H. The number of benzene rings is 10. The molecule has 0 aliphatic heterocycles. The summed E-state index contributed by atoms with van der Waals surface area (Å²) in [6.45, 7) is 0. The monoisotopic (exact) mass is 762 g/mol. The molecule has 5 nitrogen and oxygen atoms in total. The molecular formula is C55H30N4O. The average molecular weight is 763 g/mol. The van der Waals surface area contributed by atoms with Crippen molar-refractivity contribution in [3.63, 3.8) is 0 Å². The molecule has 10 aromatic carbocycles. The van der Waals surface area contributed by atoms with Gasteiger partial charge in [0.25, 0.3) is 0 Å². The van der Waals surface area contributed by atoms with Gasteiger partial charge in [-0.15, -0.1) is 0 Å². The Balaban J connectivity index is 0.986. The third-order valence-electron chi connectivity index (χ3n) is 12.7. The molecule has 0 bridgehead atoms. The lowest BCUT2D eigenvalue weighted by molar-refractivity contribution is 0.669. The summed E-state index contributed by atoms with van der Waals surface area (Å²) in [4.78, 5) is 15.5. The third-order valence-corrected chi connectivity index (χ3v) is 12.7. The molecule has 3 aromatic heterocycles. The minimum absolute atomic E-state index is 0.632. The van der Waals surface area contributed by atoms with Crippen LogP contribution in [0.2, 0.25) is 0 Å². The van der Waals surface area contributed by atoms with Gasteiger partial charge in [-0.1, -0.05) is 133 Å². The molecule has 13 aromatic rings. The minimum Gasteiger partial charge on any atom is -0.456 e. The summed E-state index contributed by atoms with van der Waals surface area (Å²) in [5, 5.41) is 14.3. The summed E-state index contributed by atoms with van der Waals surface area (Å²) in [5.74, 6) is 1.92. The van der Waals surface area contributed by atoms with Gasteiger partial charge in [0.2, 0.25) is 0 Å². The van der Waals surface area contributed by atoms with E-state index in [0.29, 0.717) is 17.5 Å². The number of fused-ring (bicyclic) bond motifs is 4. The van der Waals surface area contributed by atoms with Crippen LogP contribution in [0.5, 0.6) is 0 Å². The molecule has 0 unspecified atom stereocenters. The maximum absolute atomic E-state index is 6.49. The lowest BCUT2D eigenvalue weighted by Gasteiger charge is -2.14. The van der Waals surface area contributed by atoms with Gasteiger partial charge in [0.15, 0.2) is 17.5 Å². The molecule has 0 spiro atoms. The van der Waals surface area contributed by atoms with Gasteiger partial charge < -0.3 is 8.98 Å². The van der Waals surface area contributed by atoms with Crippen molar-refractivity contribution in [2.24, 2.45) is 0 Å². The Morgan fingerprint density at radius 1 is 0.333 bits per heavy atom. The number of hydrogen-bond donors (Lipinski definition) is 0. The van der Waals surface area contributed by atoms with Crippen molar-refractivity contribution < 1.29 is 4.42 Å². The van der Waals surface area contributed by atoms with E-state index in [1.807, 2.05) is 0 Å². The summed E-state index contributed by atoms with van der Waals surface area (Å²) in [7, 11) is 0. The molecule has 1 aliphatic carbocycles. The molecule has 0 fully saturated rings. The fourth-order valence-electron chi connectivity index (χ4n) is 10.0. The second-order valence-electron chi connectivity index (χ2n) is 16.0. The van der Waals surface area contributed by atoms with E-state index in [9.17, 15) is 0 Å². The van der Waals surface area contributed by atoms with Crippen LogP contribution in [0, 0.1) is 0 Å². The molecule has 276 valence electrons. The molecule has 0 saturated heterocycles. The van der Waals surface area contributed by atoms with Gasteiger partial charge in [0, 0.05) is 49.0 Å². The highest BCUT2D eigenvalue weighted by Crippen LogP contribution is 2.51. The fraction of sp³-hybridized carbons (Fsp3) is 0. The first-order valence-electron chi connectivity index (χ1n) is 20.3. The number of nitrogens with zero attached hydrogens (tertiary/aromatic N) is 4. The van der Waals surface area contributed by atoms with E-state index in [1.165, 1.54) is 65.3 Å². The predicted molar refractivity (Wildman–Crippen MR) is 247 cm³/mol. The highest BCUT2D eigenvalue weighted by Gasteiger charge is 2.26. The zero-order valence-corrected chi connectivity index (χ0v) is 32.0. The average Bonchev–Trinajstić information content (AvgIpc) is 3.82. The van der Waals surface area contributed by atoms with E-state index in [0.717, 1.165) is 55.1 Å². The summed E-state index contributed by atoms with van der Waals surface area (Å²) in [6.07, 6.45) is 0. The molecule has 3 heterocycles. The largest absolute Gasteiger partial charge is 0.456 e. The summed E-state index contributed by atoms with van der Waals surface area (Å²) in [5.41, 5.74) is 10.6. The maximum atomic E-state index is 6.49. The second kappa shape index (κ2) is 11.7. The molecule has 5 heteroatoms. The third kappa shape index (κ3) is 4.38. The molecule has 60 heavy (non-hydrogen) atoms. The van der Waals surface area contributed by atoms with Gasteiger partial charge in [-0.3, -0.25) is 0 Å². The van der Waals surface area contributed by atoms with Crippen molar-refractivity contribution in [1.82, 2.24) is 19.5 Å². The van der Waals surface area contributed by atoms with Gasteiger partial charge in [0.1, 0.15) is 11.2 Å². The van der Waals surface area contributed by atoms with Gasteiger partial charge in [-0.05, 0) is 92.0 Å². The van der Waals surface area contributed by atoms with Crippen molar-refractivity contribution in [2.45, 2.75) is 0 Å². The minimum atomic E-state index is 0.632. The zero-order chi connectivity index (χ0) is 39.1. The van der Waals surface area contributed by atoms with Crippen LogP contribution in [0.15, 0.2) is 186 Å². The van der Waals surface area contributed by atoms with Crippen LogP contribution in [0.3, 0.4) is 0 Å². The Hall–Kier alpha value is -8.15. The van der Waals surface area contributed by atoms with Crippen LogP contribution in [-0.2, 0) is 0 Å². The quantitative estimate of drug-likeness (QED) is 0.179. The van der Waals surface area contributed by atoms with Crippen molar-refractivity contribution in [2.75, 3.05) is 0 Å². The number of rotatable bonds is 4. The summed E-state index contributed by atoms with van der Waals surface area (Å²) >= 11 is 0. The van der Waals surface area contributed by atoms with Crippen LogP contribution in [-0.4, -0.2) is 19.5 Å². The first-order chi connectivity index (χ1) is 29.7. The van der Waals surface area contributed by atoms with Crippen molar-refractivity contribution >= 4 is 86.8 Å². The van der Waals surface area contributed by atoms with E-state index in [2.05, 4.69) is 187 Å². The maximum Gasteiger partial charge on any atom is 0.164 e. The molecule has 0 atom stereocenters.